The number of aromatic hydroxyl groups is 1. The van der Waals surface area contributed by atoms with Crippen molar-refractivity contribution in [2.45, 2.75) is 0 Å². The van der Waals surface area contributed by atoms with E-state index in [1.54, 1.807) is 13.2 Å². The number of benzene rings is 1. The molecule has 0 amide bonds. The average Bonchev–Trinajstić information content (AvgIpc) is 2.40. The number of ether oxygens (including phenoxy) is 1. The Morgan fingerprint density at radius 3 is 2.78 bits per heavy atom. The van der Waals surface area contributed by atoms with Crippen molar-refractivity contribution in [3.63, 3.8) is 0 Å². The van der Waals surface area contributed by atoms with Gasteiger partial charge in [-0.2, -0.15) is 0 Å². The lowest BCUT2D eigenvalue weighted by atomic mass is 10.1. The van der Waals surface area contributed by atoms with Crippen LogP contribution in [-0.4, -0.2) is 17.2 Å². The van der Waals surface area contributed by atoms with Crippen molar-refractivity contribution in [2.75, 3.05) is 7.11 Å². The molecule has 4 heteroatoms. The predicted molar refractivity (Wildman–Crippen MR) is 70.6 cm³/mol. The molecule has 0 saturated carbocycles. The summed E-state index contributed by atoms with van der Waals surface area (Å²) < 4.78 is 5.21. The number of hydrogen-bond acceptors (Lipinski definition) is 3. The topological polar surface area (TPSA) is 62.3 Å². The summed E-state index contributed by atoms with van der Waals surface area (Å²) in [4.78, 5) is 14.1. The minimum Gasteiger partial charge on any atom is -0.503 e. The van der Waals surface area contributed by atoms with Gasteiger partial charge in [0.25, 0.3) is 0 Å². The number of methoxy groups -OCH3 is 1. The zero-order valence-corrected chi connectivity index (χ0v) is 9.88. The molecule has 0 unspecified atom stereocenters. The third kappa shape index (κ3) is 2.60. The van der Waals surface area contributed by atoms with E-state index in [1.807, 2.05) is 30.3 Å². The summed E-state index contributed by atoms with van der Waals surface area (Å²) in [5.41, 5.74) is 1.12. The molecular formula is C14H13NO3. The van der Waals surface area contributed by atoms with Crippen LogP contribution in [0.2, 0.25) is 0 Å². The molecule has 0 atom stereocenters. The second kappa shape index (κ2) is 5.23. The number of aromatic nitrogens is 1. The molecule has 0 aliphatic heterocycles. The van der Waals surface area contributed by atoms with Crippen LogP contribution in [0.5, 0.6) is 11.5 Å². The first kappa shape index (κ1) is 12.0. The zero-order chi connectivity index (χ0) is 13.0. The quantitative estimate of drug-likeness (QED) is 0.869. The van der Waals surface area contributed by atoms with E-state index < -0.39 is 5.43 Å². The number of pyridine rings is 1. The fourth-order valence-electron chi connectivity index (χ4n) is 1.56. The van der Waals surface area contributed by atoms with Crippen molar-refractivity contribution in [3.05, 3.63) is 58.0 Å². The molecule has 18 heavy (non-hydrogen) atoms. The molecule has 0 aliphatic rings. The molecule has 0 radical (unpaired) electrons. The van der Waals surface area contributed by atoms with E-state index in [0.717, 1.165) is 11.3 Å². The van der Waals surface area contributed by atoms with Gasteiger partial charge in [-0.15, -0.1) is 0 Å². The second-order valence-corrected chi connectivity index (χ2v) is 3.71. The van der Waals surface area contributed by atoms with Crippen LogP contribution in [0.15, 0.2) is 41.3 Å². The van der Waals surface area contributed by atoms with E-state index in [9.17, 15) is 4.79 Å². The van der Waals surface area contributed by atoms with E-state index in [1.165, 1.54) is 12.3 Å². The maximum absolute atomic E-state index is 11.2. The Hall–Kier alpha value is -2.49. The smallest absolute Gasteiger partial charge is 0.223 e. The molecule has 92 valence electrons. The van der Waals surface area contributed by atoms with Crippen LogP contribution < -0.4 is 10.2 Å². The summed E-state index contributed by atoms with van der Waals surface area (Å²) >= 11 is 0. The molecule has 0 fully saturated rings. The van der Waals surface area contributed by atoms with Gasteiger partial charge in [0.2, 0.25) is 5.43 Å². The van der Waals surface area contributed by atoms with Crippen LogP contribution in [0.4, 0.5) is 0 Å². The molecule has 2 rings (SSSR count). The number of aromatic amines is 1. The molecular weight excluding hydrogens is 230 g/mol. The molecule has 4 nitrogen and oxygen atoms in total. The highest BCUT2D eigenvalue weighted by atomic mass is 16.5. The van der Waals surface area contributed by atoms with Gasteiger partial charge in [0.05, 0.1) is 7.11 Å². The highest BCUT2D eigenvalue weighted by Gasteiger charge is 1.98. The van der Waals surface area contributed by atoms with Gasteiger partial charge < -0.3 is 14.8 Å². The standard InChI is InChI=1S/C14H13NO3/c1-18-14-5-3-2-4-10(14)6-7-11-8-12(16)13(17)9-15-11/h2-9,17H,1H3,(H,15,16)/b7-6+. The van der Waals surface area contributed by atoms with Crippen molar-refractivity contribution in [2.24, 2.45) is 0 Å². The number of hydrogen-bond donors (Lipinski definition) is 2. The maximum Gasteiger partial charge on any atom is 0.223 e. The molecule has 0 saturated heterocycles. The lowest BCUT2D eigenvalue weighted by Gasteiger charge is -2.03. The normalized spacial score (nSPS) is 10.7. The Kier molecular flexibility index (Phi) is 3.48. The summed E-state index contributed by atoms with van der Waals surface area (Å²) in [5, 5.41) is 9.12. The first-order valence-electron chi connectivity index (χ1n) is 5.43. The maximum atomic E-state index is 11.2. The van der Waals surface area contributed by atoms with Crippen molar-refractivity contribution < 1.29 is 9.84 Å². The van der Waals surface area contributed by atoms with E-state index in [-0.39, 0.29) is 5.75 Å². The monoisotopic (exact) mass is 243 g/mol. The van der Waals surface area contributed by atoms with Gasteiger partial charge in [-0.05, 0) is 18.2 Å². The predicted octanol–water partition coefficient (Wildman–Crippen LogP) is 2.26. The van der Waals surface area contributed by atoms with Crippen LogP contribution in [-0.2, 0) is 0 Å². The third-order valence-corrected chi connectivity index (χ3v) is 2.50. The summed E-state index contributed by atoms with van der Waals surface area (Å²) in [6.07, 6.45) is 4.85. The van der Waals surface area contributed by atoms with Crippen molar-refractivity contribution in [1.29, 1.82) is 0 Å². The van der Waals surface area contributed by atoms with Crippen LogP contribution in [0.25, 0.3) is 12.2 Å². The molecule has 2 aromatic rings. The third-order valence-electron chi connectivity index (χ3n) is 2.50. The van der Waals surface area contributed by atoms with E-state index in [0.29, 0.717) is 5.69 Å². The van der Waals surface area contributed by atoms with Crippen LogP contribution >= 0.6 is 0 Å². The van der Waals surface area contributed by atoms with E-state index in [4.69, 9.17) is 9.84 Å². The fourth-order valence-corrected chi connectivity index (χ4v) is 1.56. The minimum atomic E-state index is -0.409. The van der Waals surface area contributed by atoms with Gasteiger partial charge in [-0.1, -0.05) is 18.2 Å². The van der Waals surface area contributed by atoms with Crippen molar-refractivity contribution in [3.8, 4) is 11.5 Å². The molecule has 0 spiro atoms. The van der Waals surface area contributed by atoms with Gasteiger partial charge >= 0.3 is 0 Å². The Bertz CT molecular complexity index is 629. The first-order chi connectivity index (χ1) is 8.70. The largest absolute Gasteiger partial charge is 0.503 e. The lowest BCUT2D eigenvalue weighted by molar-refractivity contribution is 0.414. The van der Waals surface area contributed by atoms with Crippen LogP contribution in [0, 0.1) is 0 Å². The molecule has 1 aromatic heterocycles. The molecule has 0 bridgehead atoms. The Labute approximate surface area is 104 Å². The summed E-state index contributed by atoms with van der Waals surface area (Å²) in [6.45, 7) is 0. The number of rotatable bonds is 3. The summed E-state index contributed by atoms with van der Waals surface area (Å²) in [5.74, 6) is 0.472. The van der Waals surface area contributed by atoms with E-state index >= 15 is 0 Å². The number of para-hydroxylation sites is 1. The first-order valence-corrected chi connectivity index (χ1v) is 5.43. The summed E-state index contributed by atoms with van der Waals surface area (Å²) in [7, 11) is 1.61. The molecule has 2 N–H and O–H groups in total. The van der Waals surface area contributed by atoms with E-state index in [2.05, 4.69) is 4.98 Å². The van der Waals surface area contributed by atoms with Crippen molar-refractivity contribution >= 4 is 12.2 Å². The van der Waals surface area contributed by atoms with Crippen molar-refractivity contribution in [1.82, 2.24) is 4.98 Å². The van der Waals surface area contributed by atoms with Gasteiger partial charge in [0.15, 0.2) is 5.75 Å². The molecule has 1 aromatic carbocycles. The summed E-state index contributed by atoms with van der Waals surface area (Å²) in [6, 6.07) is 8.90. The second-order valence-electron chi connectivity index (χ2n) is 3.71. The van der Waals surface area contributed by atoms with Crippen LogP contribution in [0.1, 0.15) is 11.3 Å². The molecule has 0 aliphatic carbocycles. The lowest BCUT2D eigenvalue weighted by Crippen LogP contribution is -1.99. The van der Waals surface area contributed by atoms with Gasteiger partial charge in [-0.25, -0.2) is 0 Å². The number of H-pyrrole nitrogens is 1. The number of nitrogens with one attached hydrogen (secondary N) is 1. The SMILES string of the molecule is COc1ccccc1/C=C/c1cc(=O)c(O)c[nH]1. The Balaban J connectivity index is 2.30. The highest BCUT2D eigenvalue weighted by Crippen LogP contribution is 2.19. The van der Waals surface area contributed by atoms with Gasteiger partial charge in [-0.3, -0.25) is 4.79 Å². The highest BCUT2D eigenvalue weighted by molar-refractivity contribution is 5.71. The Morgan fingerprint density at radius 1 is 1.28 bits per heavy atom. The van der Waals surface area contributed by atoms with Gasteiger partial charge in [0, 0.05) is 23.5 Å². The van der Waals surface area contributed by atoms with Gasteiger partial charge in [0.1, 0.15) is 5.75 Å². The minimum absolute atomic E-state index is 0.288. The Morgan fingerprint density at radius 2 is 2.06 bits per heavy atom. The average molecular weight is 243 g/mol. The van der Waals surface area contributed by atoms with Crippen LogP contribution in [0.3, 0.4) is 0 Å². The fraction of sp³-hybridized carbons (Fsp3) is 0.0714. The molecule has 1 heterocycles. The zero-order valence-electron chi connectivity index (χ0n) is 9.88.